The molecule has 4 rings (SSSR count). The largest absolute Gasteiger partial charge is 0.377 e. The van der Waals surface area contributed by atoms with Gasteiger partial charge < -0.3 is 15.0 Å². The quantitative estimate of drug-likeness (QED) is 0.794. The summed E-state index contributed by atoms with van der Waals surface area (Å²) >= 11 is 0. The zero-order valence-corrected chi connectivity index (χ0v) is 17.1. The van der Waals surface area contributed by atoms with Crippen molar-refractivity contribution in [2.75, 3.05) is 30.1 Å². The van der Waals surface area contributed by atoms with Gasteiger partial charge in [0.25, 0.3) is 5.91 Å². The molecule has 0 bridgehead atoms. The van der Waals surface area contributed by atoms with E-state index in [9.17, 15) is 9.59 Å². The van der Waals surface area contributed by atoms with Crippen molar-refractivity contribution in [3.05, 3.63) is 72.4 Å². The van der Waals surface area contributed by atoms with Crippen LogP contribution in [0.15, 0.2) is 72.0 Å². The Morgan fingerprint density at radius 2 is 1.94 bits per heavy atom. The summed E-state index contributed by atoms with van der Waals surface area (Å²) in [5, 5.41) is 9.74. The van der Waals surface area contributed by atoms with E-state index in [1.54, 1.807) is 54.9 Å². The summed E-state index contributed by atoms with van der Waals surface area (Å²) in [5.41, 5.74) is 4.67. The fourth-order valence-corrected chi connectivity index (χ4v) is 3.35. The van der Waals surface area contributed by atoms with E-state index >= 15 is 0 Å². The van der Waals surface area contributed by atoms with Crippen molar-refractivity contribution < 1.29 is 14.3 Å². The molecule has 2 N–H and O–H groups in total. The maximum Gasteiger partial charge on any atom is 0.348 e. The second kappa shape index (κ2) is 9.31. The zero-order valence-electron chi connectivity index (χ0n) is 17.1. The highest BCUT2D eigenvalue weighted by Gasteiger charge is 2.25. The third-order valence-electron chi connectivity index (χ3n) is 4.94. The molecule has 0 aromatic heterocycles. The number of allylic oxidation sites excluding steroid dienone is 1. The molecule has 2 aliphatic heterocycles. The van der Waals surface area contributed by atoms with Gasteiger partial charge in [0.2, 0.25) is 0 Å². The fraction of sp³-hybridized carbons (Fsp3) is 0.227. The predicted octanol–water partition coefficient (Wildman–Crippen LogP) is 2.82. The molecule has 2 aromatic carbocycles. The molecule has 9 nitrogen and oxygen atoms in total. The molecule has 0 radical (unpaired) electrons. The van der Waals surface area contributed by atoms with Crippen LogP contribution < -0.4 is 15.8 Å². The Kier molecular flexibility index (Phi) is 6.13. The van der Waals surface area contributed by atoms with Gasteiger partial charge in [-0.25, -0.2) is 4.79 Å². The van der Waals surface area contributed by atoms with Crippen molar-refractivity contribution in [3.8, 4) is 0 Å². The van der Waals surface area contributed by atoms with Crippen LogP contribution in [0, 0.1) is 0 Å². The van der Waals surface area contributed by atoms with Gasteiger partial charge in [-0.05, 0) is 49.4 Å². The van der Waals surface area contributed by atoms with Crippen LogP contribution in [0.4, 0.5) is 16.2 Å². The second-order valence-corrected chi connectivity index (χ2v) is 7.12. The number of carbonyl (C=O) groups is 2. The monoisotopic (exact) mass is 420 g/mol. The number of hydrazone groups is 1. The normalized spacial score (nSPS) is 17.8. The van der Waals surface area contributed by atoms with Crippen LogP contribution in [0.1, 0.15) is 17.3 Å². The van der Waals surface area contributed by atoms with Crippen LogP contribution in [0.25, 0.3) is 0 Å². The number of hydrogen-bond acceptors (Lipinski definition) is 6. The number of rotatable bonds is 4. The molecule has 2 aromatic rings. The maximum atomic E-state index is 13.1. The lowest BCUT2D eigenvalue weighted by molar-refractivity contribution is 0.00359. The standard InChI is InChI=1S/C22H24N6O3/c1-17-16-31-15-14-26(17)21(29)18-8-10-19(11-9-18)25-22(30)27(20-6-3-2-4-7-20)28-23-12-5-13-24-28/h2-13,17,23H,14-16H2,1H3,(H,25,30)/t17-/m0/s1. The number of morpholine rings is 1. The first-order valence-corrected chi connectivity index (χ1v) is 10.0. The topological polar surface area (TPSA) is 89.5 Å². The Morgan fingerprint density at radius 1 is 1.16 bits per heavy atom. The van der Waals surface area contributed by atoms with Gasteiger partial charge >= 0.3 is 6.03 Å². The highest BCUT2D eigenvalue weighted by molar-refractivity contribution is 6.01. The Morgan fingerprint density at radius 3 is 2.61 bits per heavy atom. The van der Waals surface area contributed by atoms with Gasteiger partial charge in [-0.2, -0.15) is 5.01 Å². The number of nitrogens with zero attached hydrogens (tertiary/aromatic N) is 4. The van der Waals surface area contributed by atoms with Crippen molar-refractivity contribution in [1.29, 1.82) is 0 Å². The summed E-state index contributed by atoms with van der Waals surface area (Å²) in [5.74, 6) is -0.0433. The number of nitrogens with one attached hydrogen (secondary N) is 2. The number of hydrazine groups is 2. The number of para-hydroxylation sites is 1. The van der Waals surface area contributed by atoms with Gasteiger partial charge in [0, 0.05) is 24.0 Å². The Hall–Kier alpha value is -3.85. The van der Waals surface area contributed by atoms with Gasteiger partial charge in [-0.3, -0.25) is 10.2 Å². The molecule has 2 aliphatic rings. The van der Waals surface area contributed by atoms with Crippen LogP contribution >= 0.6 is 0 Å². The van der Waals surface area contributed by atoms with E-state index in [4.69, 9.17) is 4.74 Å². The highest BCUT2D eigenvalue weighted by atomic mass is 16.5. The van der Waals surface area contributed by atoms with Crippen LogP contribution in [-0.2, 0) is 4.74 Å². The first-order chi connectivity index (χ1) is 15.1. The SMILES string of the molecule is C[C@H]1COCCN1C(=O)c1ccc(NC(=O)N(c2ccccc2)N2N=CC=CN2)cc1. The summed E-state index contributed by atoms with van der Waals surface area (Å²) in [6.07, 6.45) is 4.97. The fourth-order valence-electron chi connectivity index (χ4n) is 3.35. The number of carbonyl (C=O) groups excluding carboxylic acids is 2. The van der Waals surface area contributed by atoms with E-state index in [1.807, 2.05) is 30.0 Å². The number of urea groups is 1. The van der Waals surface area contributed by atoms with Crippen LogP contribution in [0.5, 0.6) is 0 Å². The number of amides is 3. The van der Waals surface area contributed by atoms with Gasteiger partial charge in [-0.1, -0.05) is 23.4 Å². The molecule has 9 heteroatoms. The molecule has 0 unspecified atom stereocenters. The lowest BCUT2D eigenvalue weighted by Gasteiger charge is -2.33. The van der Waals surface area contributed by atoms with E-state index < -0.39 is 6.03 Å². The molecular formula is C22H24N6O3. The number of anilines is 2. The third-order valence-corrected chi connectivity index (χ3v) is 4.94. The first kappa shape index (κ1) is 20.4. The number of hydrogen-bond donors (Lipinski definition) is 2. The molecule has 0 aliphatic carbocycles. The molecule has 0 spiro atoms. The van der Waals surface area contributed by atoms with Crippen LogP contribution in [-0.4, -0.2) is 54.1 Å². The van der Waals surface area contributed by atoms with Crippen molar-refractivity contribution in [1.82, 2.24) is 15.6 Å². The maximum absolute atomic E-state index is 13.1. The molecule has 160 valence electrons. The molecule has 1 saturated heterocycles. The number of ether oxygens (including phenoxy) is 1. The van der Waals surface area contributed by atoms with E-state index in [0.717, 1.165) is 0 Å². The summed E-state index contributed by atoms with van der Waals surface area (Å²) in [6, 6.07) is 15.6. The molecule has 1 atom stereocenters. The van der Waals surface area contributed by atoms with Crippen LogP contribution in [0.3, 0.4) is 0 Å². The zero-order chi connectivity index (χ0) is 21.6. The number of benzene rings is 2. The average molecular weight is 420 g/mol. The van der Waals surface area contributed by atoms with Gasteiger partial charge in [-0.15, -0.1) is 5.10 Å². The van der Waals surface area contributed by atoms with Crippen molar-refractivity contribution >= 4 is 29.5 Å². The minimum atomic E-state index is -0.410. The van der Waals surface area contributed by atoms with Gasteiger partial charge in [0.1, 0.15) is 0 Å². The van der Waals surface area contributed by atoms with E-state index in [1.165, 1.54) is 10.2 Å². The predicted molar refractivity (Wildman–Crippen MR) is 118 cm³/mol. The summed E-state index contributed by atoms with van der Waals surface area (Å²) in [4.78, 5) is 27.7. The van der Waals surface area contributed by atoms with Crippen molar-refractivity contribution in [3.63, 3.8) is 0 Å². The average Bonchev–Trinajstić information content (AvgIpc) is 2.81. The first-order valence-electron chi connectivity index (χ1n) is 10.0. The second-order valence-electron chi connectivity index (χ2n) is 7.12. The molecule has 3 amide bonds. The van der Waals surface area contributed by atoms with E-state index in [2.05, 4.69) is 15.8 Å². The summed E-state index contributed by atoms with van der Waals surface area (Å²) < 4.78 is 5.40. The Bertz CT molecular complexity index is 977. The lowest BCUT2D eigenvalue weighted by atomic mass is 10.1. The molecule has 1 fully saturated rings. The smallest absolute Gasteiger partial charge is 0.348 e. The minimum Gasteiger partial charge on any atom is -0.377 e. The minimum absolute atomic E-state index is 0.0340. The molecular weight excluding hydrogens is 396 g/mol. The highest BCUT2D eigenvalue weighted by Crippen LogP contribution is 2.19. The molecule has 31 heavy (non-hydrogen) atoms. The Balaban J connectivity index is 1.48. The molecule has 0 saturated carbocycles. The lowest BCUT2D eigenvalue weighted by Crippen LogP contribution is -2.51. The van der Waals surface area contributed by atoms with Crippen molar-refractivity contribution in [2.24, 2.45) is 5.10 Å². The van der Waals surface area contributed by atoms with Gasteiger partial charge in [0.15, 0.2) is 0 Å². The van der Waals surface area contributed by atoms with E-state index in [-0.39, 0.29) is 11.9 Å². The van der Waals surface area contributed by atoms with Crippen molar-refractivity contribution in [2.45, 2.75) is 13.0 Å². The molecule has 2 heterocycles. The third kappa shape index (κ3) is 4.67. The van der Waals surface area contributed by atoms with E-state index in [0.29, 0.717) is 36.7 Å². The van der Waals surface area contributed by atoms with Crippen LogP contribution in [0.2, 0.25) is 0 Å². The summed E-state index contributed by atoms with van der Waals surface area (Å²) in [6.45, 7) is 3.62. The summed E-state index contributed by atoms with van der Waals surface area (Å²) in [7, 11) is 0. The van der Waals surface area contributed by atoms with Gasteiger partial charge in [0.05, 0.1) is 31.2 Å². The Labute approximate surface area is 180 Å².